The Morgan fingerprint density at radius 1 is 1.50 bits per heavy atom. The third kappa shape index (κ3) is 3.86. The zero-order valence-corrected chi connectivity index (χ0v) is 8.56. The molecule has 0 aromatic heterocycles. The molecule has 2 atom stereocenters. The first-order valence-electron chi connectivity index (χ1n) is 4.88. The molecule has 0 bridgehead atoms. The maximum absolute atomic E-state index is 12.7. The van der Waals surface area contributed by atoms with Crippen molar-refractivity contribution in [2.24, 2.45) is 0 Å². The molecule has 0 spiro atoms. The number of halogens is 2. The highest BCUT2D eigenvalue weighted by Crippen LogP contribution is 2.25. The van der Waals surface area contributed by atoms with E-state index >= 15 is 0 Å². The Hall–Kier alpha value is -0.260. The van der Waals surface area contributed by atoms with Crippen molar-refractivity contribution >= 4 is 0 Å². The fourth-order valence-corrected chi connectivity index (χ4v) is 1.45. The van der Waals surface area contributed by atoms with E-state index in [1.54, 1.807) is 6.92 Å². The number of nitrogens with one attached hydrogen (secondary N) is 1. The summed E-state index contributed by atoms with van der Waals surface area (Å²) in [4.78, 5) is 0. The normalized spacial score (nSPS) is 27.9. The molecule has 0 amide bonds. The van der Waals surface area contributed by atoms with Crippen LogP contribution in [0.3, 0.4) is 0 Å². The van der Waals surface area contributed by atoms with Crippen LogP contribution < -0.4 is 5.32 Å². The van der Waals surface area contributed by atoms with Gasteiger partial charge < -0.3 is 14.8 Å². The van der Waals surface area contributed by atoms with Crippen LogP contribution in [0.15, 0.2) is 0 Å². The second-order valence-electron chi connectivity index (χ2n) is 3.49. The minimum Gasteiger partial charge on any atom is -0.353 e. The van der Waals surface area contributed by atoms with Crippen molar-refractivity contribution in [3.63, 3.8) is 0 Å². The lowest BCUT2D eigenvalue weighted by Crippen LogP contribution is -2.29. The van der Waals surface area contributed by atoms with Crippen LogP contribution in [0.5, 0.6) is 0 Å². The van der Waals surface area contributed by atoms with E-state index in [-0.39, 0.29) is 31.9 Å². The monoisotopic (exact) mass is 209 g/mol. The van der Waals surface area contributed by atoms with Crippen LogP contribution in [0, 0.1) is 0 Å². The molecule has 5 heteroatoms. The van der Waals surface area contributed by atoms with Gasteiger partial charge in [-0.1, -0.05) is 0 Å². The molecular formula is C9H17F2NO2. The zero-order valence-electron chi connectivity index (χ0n) is 8.56. The van der Waals surface area contributed by atoms with Gasteiger partial charge in [-0.05, 0) is 13.8 Å². The Bertz CT molecular complexity index is 178. The molecule has 1 saturated heterocycles. The molecule has 0 aromatic rings. The highest BCUT2D eigenvalue weighted by atomic mass is 19.3. The van der Waals surface area contributed by atoms with Gasteiger partial charge in [0.1, 0.15) is 0 Å². The van der Waals surface area contributed by atoms with Crippen LogP contribution in [0.2, 0.25) is 0 Å². The Balaban J connectivity index is 2.14. The van der Waals surface area contributed by atoms with Crippen LogP contribution >= 0.6 is 0 Å². The predicted octanol–water partition coefficient (Wildman–Crippen LogP) is 1.38. The maximum atomic E-state index is 12.7. The van der Waals surface area contributed by atoms with Crippen LogP contribution in [0.4, 0.5) is 8.78 Å². The zero-order chi connectivity index (χ0) is 10.6. The Kier molecular flexibility index (Phi) is 4.22. The first-order chi connectivity index (χ1) is 6.53. The second kappa shape index (κ2) is 5.00. The third-order valence-corrected chi connectivity index (χ3v) is 2.13. The minimum absolute atomic E-state index is 0.147. The molecule has 1 rings (SSSR count). The lowest BCUT2D eigenvalue weighted by atomic mass is 10.2. The van der Waals surface area contributed by atoms with Gasteiger partial charge in [-0.15, -0.1) is 0 Å². The summed E-state index contributed by atoms with van der Waals surface area (Å²) in [6.07, 6.45) is -0.470. The molecule has 1 unspecified atom stereocenters. The van der Waals surface area contributed by atoms with Gasteiger partial charge in [-0.2, -0.15) is 0 Å². The lowest BCUT2D eigenvalue weighted by Gasteiger charge is -2.16. The Labute approximate surface area is 82.8 Å². The van der Waals surface area contributed by atoms with Gasteiger partial charge in [0.25, 0.3) is 5.92 Å². The van der Waals surface area contributed by atoms with E-state index in [9.17, 15) is 8.78 Å². The van der Waals surface area contributed by atoms with E-state index in [2.05, 4.69) is 5.32 Å². The summed E-state index contributed by atoms with van der Waals surface area (Å²) < 4.78 is 35.8. The van der Waals surface area contributed by atoms with Crippen LogP contribution in [-0.4, -0.2) is 38.0 Å². The van der Waals surface area contributed by atoms with Crippen LogP contribution in [0.25, 0.3) is 0 Å². The van der Waals surface area contributed by atoms with Crippen molar-refractivity contribution in [2.45, 2.75) is 38.5 Å². The molecule has 1 fully saturated rings. The first-order valence-corrected chi connectivity index (χ1v) is 4.88. The van der Waals surface area contributed by atoms with Crippen LogP contribution in [-0.2, 0) is 9.47 Å². The molecule has 1 aliphatic heterocycles. The number of ether oxygens (including phenoxy) is 2. The van der Waals surface area contributed by atoms with E-state index in [4.69, 9.17) is 9.47 Å². The van der Waals surface area contributed by atoms with E-state index in [0.29, 0.717) is 6.61 Å². The Morgan fingerprint density at radius 2 is 2.21 bits per heavy atom. The first kappa shape index (κ1) is 11.8. The van der Waals surface area contributed by atoms with E-state index in [1.165, 1.54) is 0 Å². The van der Waals surface area contributed by atoms with Crippen LogP contribution in [0.1, 0.15) is 20.3 Å². The summed E-state index contributed by atoms with van der Waals surface area (Å²) in [6.45, 7) is 4.22. The summed E-state index contributed by atoms with van der Waals surface area (Å²) in [5.41, 5.74) is 0. The maximum Gasteiger partial charge on any atom is 0.261 e. The van der Waals surface area contributed by atoms with Gasteiger partial charge in [0.2, 0.25) is 0 Å². The van der Waals surface area contributed by atoms with Crippen molar-refractivity contribution in [1.29, 1.82) is 0 Å². The number of rotatable bonds is 5. The summed E-state index contributed by atoms with van der Waals surface area (Å²) in [5, 5.41) is 2.71. The molecule has 0 aromatic carbocycles. The lowest BCUT2D eigenvalue weighted by molar-refractivity contribution is -0.131. The molecule has 0 radical (unpaired) electrons. The van der Waals surface area contributed by atoms with Crippen molar-refractivity contribution in [1.82, 2.24) is 5.32 Å². The van der Waals surface area contributed by atoms with E-state index in [0.717, 1.165) is 0 Å². The average Bonchev–Trinajstić information content (AvgIpc) is 2.43. The topological polar surface area (TPSA) is 30.5 Å². The Morgan fingerprint density at radius 3 is 2.71 bits per heavy atom. The number of alkyl halides is 2. The highest BCUT2D eigenvalue weighted by Gasteiger charge is 2.39. The second-order valence-corrected chi connectivity index (χ2v) is 3.49. The quantitative estimate of drug-likeness (QED) is 0.694. The number of hydrogen-bond donors (Lipinski definition) is 1. The SMILES string of the molecule is CCOC(C)OC[C@H]1CC(F)(F)CN1. The average molecular weight is 209 g/mol. The molecule has 1 aliphatic rings. The summed E-state index contributed by atoms with van der Waals surface area (Å²) in [6, 6.07) is -0.257. The molecule has 0 aliphatic carbocycles. The smallest absolute Gasteiger partial charge is 0.261 e. The van der Waals surface area contributed by atoms with E-state index < -0.39 is 5.92 Å². The molecule has 14 heavy (non-hydrogen) atoms. The van der Waals surface area contributed by atoms with E-state index in [1.807, 2.05) is 6.92 Å². The minimum atomic E-state index is -2.58. The molecule has 0 saturated carbocycles. The summed E-state index contributed by atoms with van der Waals surface area (Å²) in [5.74, 6) is -2.58. The van der Waals surface area contributed by atoms with Gasteiger partial charge in [0, 0.05) is 19.1 Å². The summed E-state index contributed by atoms with van der Waals surface area (Å²) >= 11 is 0. The summed E-state index contributed by atoms with van der Waals surface area (Å²) in [7, 11) is 0. The van der Waals surface area contributed by atoms with Gasteiger partial charge >= 0.3 is 0 Å². The molecule has 84 valence electrons. The predicted molar refractivity (Wildman–Crippen MR) is 48.4 cm³/mol. The van der Waals surface area contributed by atoms with Gasteiger partial charge in [-0.25, -0.2) is 8.78 Å². The number of hydrogen-bond acceptors (Lipinski definition) is 3. The molecule has 1 heterocycles. The van der Waals surface area contributed by atoms with Crippen molar-refractivity contribution in [3.8, 4) is 0 Å². The van der Waals surface area contributed by atoms with Crippen molar-refractivity contribution in [3.05, 3.63) is 0 Å². The van der Waals surface area contributed by atoms with Gasteiger partial charge in [0.05, 0.1) is 13.2 Å². The molecular weight excluding hydrogens is 192 g/mol. The third-order valence-electron chi connectivity index (χ3n) is 2.13. The largest absolute Gasteiger partial charge is 0.353 e. The van der Waals surface area contributed by atoms with Gasteiger partial charge in [0.15, 0.2) is 6.29 Å². The van der Waals surface area contributed by atoms with Crippen molar-refractivity contribution < 1.29 is 18.3 Å². The fraction of sp³-hybridized carbons (Fsp3) is 1.00. The van der Waals surface area contributed by atoms with Crippen molar-refractivity contribution in [2.75, 3.05) is 19.8 Å². The standard InChI is InChI=1S/C9H17F2NO2/c1-3-13-7(2)14-5-8-4-9(10,11)6-12-8/h7-8,12H,3-6H2,1-2H3/t7?,8-/m1/s1. The highest BCUT2D eigenvalue weighted by molar-refractivity contribution is 4.86. The molecule has 3 nitrogen and oxygen atoms in total. The fourth-order valence-electron chi connectivity index (χ4n) is 1.45. The molecule has 1 N–H and O–H groups in total. The van der Waals surface area contributed by atoms with Gasteiger partial charge in [-0.3, -0.25) is 0 Å².